The maximum atomic E-state index is 2.51. The third-order valence-corrected chi connectivity index (χ3v) is 14.1. The third-order valence-electron chi connectivity index (χ3n) is 13.0. The summed E-state index contributed by atoms with van der Waals surface area (Å²) in [5.41, 5.74) is 20.2. The molecule has 63 heavy (non-hydrogen) atoms. The highest BCUT2D eigenvalue weighted by Gasteiger charge is 2.48. The minimum absolute atomic E-state index is 0.589. The molecule has 1 spiro atoms. The zero-order valence-electron chi connectivity index (χ0n) is 34.5. The van der Waals surface area contributed by atoms with Gasteiger partial charge >= 0.3 is 0 Å². The van der Waals surface area contributed by atoms with Gasteiger partial charge in [0.1, 0.15) is 0 Å². The average Bonchev–Trinajstić information content (AvgIpc) is 3.47. The molecule has 0 bridgehead atoms. The van der Waals surface area contributed by atoms with Crippen molar-refractivity contribution in [3.05, 3.63) is 271 Å². The zero-order valence-corrected chi connectivity index (χ0v) is 35.3. The Bertz CT molecular complexity index is 3150. The van der Waals surface area contributed by atoms with Crippen LogP contribution in [-0.2, 0) is 5.41 Å². The second-order valence-corrected chi connectivity index (χ2v) is 17.5. The van der Waals surface area contributed by atoms with Gasteiger partial charge in [0.15, 0.2) is 0 Å². The van der Waals surface area contributed by atoms with Gasteiger partial charge in [-0.2, -0.15) is 0 Å². The van der Waals surface area contributed by atoms with Gasteiger partial charge < -0.3 is 4.90 Å². The fourth-order valence-corrected chi connectivity index (χ4v) is 11.4. The Kier molecular flexibility index (Phi) is 9.06. The van der Waals surface area contributed by atoms with Crippen LogP contribution < -0.4 is 4.90 Å². The minimum atomic E-state index is -0.589. The highest BCUT2D eigenvalue weighted by atomic mass is 32.2. The van der Waals surface area contributed by atoms with E-state index in [1.165, 1.54) is 82.1 Å². The lowest BCUT2D eigenvalue weighted by molar-refractivity contribution is 0.708. The van der Waals surface area contributed by atoms with Crippen LogP contribution in [0.1, 0.15) is 22.3 Å². The number of anilines is 3. The monoisotopic (exact) mass is 819 g/mol. The van der Waals surface area contributed by atoms with Gasteiger partial charge in [0.25, 0.3) is 0 Å². The third kappa shape index (κ3) is 6.09. The average molecular weight is 820 g/mol. The minimum Gasteiger partial charge on any atom is -0.310 e. The highest BCUT2D eigenvalue weighted by molar-refractivity contribution is 7.99. The largest absolute Gasteiger partial charge is 0.310 e. The Morgan fingerprint density at radius 1 is 0.270 bits per heavy atom. The van der Waals surface area contributed by atoms with Crippen LogP contribution in [-0.4, -0.2) is 0 Å². The first-order chi connectivity index (χ1) is 31.3. The van der Waals surface area contributed by atoms with E-state index in [1.54, 1.807) is 0 Å². The summed E-state index contributed by atoms with van der Waals surface area (Å²) < 4.78 is 0. The maximum absolute atomic E-state index is 2.51. The number of para-hydroxylation sites is 1. The van der Waals surface area contributed by atoms with E-state index in [0.717, 1.165) is 22.6 Å². The van der Waals surface area contributed by atoms with Crippen LogP contribution >= 0.6 is 11.8 Å². The molecule has 0 atom stereocenters. The van der Waals surface area contributed by atoms with Crippen LogP contribution in [0.4, 0.5) is 17.1 Å². The number of rotatable bonds is 6. The van der Waals surface area contributed by atoms with Gasteiger partial charge in [-0.3, -0.25) is 0 Å². The first-order valence-corrected chi connectivity index (χ1v) is 22.5. The van der Waals surface area contributed by atoms with Crippen molar-refractivity contribution >= 4 is 28.8 Å². The lowest BCUT2D eigenvalue weighted by Crippen LogP contribution is -2.34. The van der Waals surface area contributed by atoms with Crippen molar-refractivity contribution in [2.45, 2.75) is 15.2 Å². The van der Waals surface area contributed by atoms with E-state index in [4.69, 9.17) is 0 Å². The van der Waals surface area contributed by atoms with Gasteiger partial charge in [0.2, 0.25) is 0 Å². The molecular formula is C61H41NS. The molecule has 0 radical (unpaired) electrons. The summed E-state index contributed by atoms with van der Waals surface area (Å²) in [4.78, 5) is 4.98. The molecular weight excluding hydrogens is 779 g/mol. The molecule has 12 rings (SSSR count). The Labute approximate surface area is 373 Å². The summed E-state index contributed by atoms with van der Waals surface area (Å²) in [6.45, 7) is 0. The quantitative estimate of drug-likeness (QED) is 0.164. The Morgan fingerprint density at radius 2 is 0.667 bits per heavy atom. The molecule has 0 N–H and O–H groups in total. The molecule has 2 heteroatoms. The molecule has 0 amide bonds. The smallest absolute Gasteiger partial charge is 0.0735 e. The van der Waals surface area contributed by atoms with Crippen LogP contribution in [0, 0.1) is 0 Å². The van der Waals surface area contributed by atoms with Gasteiger partial charge in [-0.1, -0.05) is 212 Å². The Morgan fingerprint density at radius 3 is 1.22 bits per heavy atom. The predicted octanol–water partition coefficient (Wildman–Crippen LogP) is 16.7. The molecule has 2 aliphatic rings. The zero-order chi connectivity index (χ0) is 41.7. The lowest BCUT2D eigenvalue weighted by Gasteiger charge is -2.43. The topological polar surface area (TPSA) is 3.24 Å². The van der Waals surface area contributed by atoms with E-state index in [2.05, 4.69) is 254 Å². The molecule has 1 nitrogen and oxygen atoms in total. The van der Waals surface area contributed by atoms with E-state index >= 15 is 0 Å². The summed E-state index contributed by atoms with van der Waals surface area (Å²) in [7, 11) is 0. The van der Waals surface area contributed by atoms with Crippen molar-refractivity contribution < 1.29 is 0 Å². The molecule has 1 aliphatic heterocycles. The second kappa shape index (κ2) is 15.4. The lowest BCUT2D eigenvalue weighted by atomic mass is 9.63. The molecule has 1 heterocycles. The molecule has 0 unspecified atom stereocenters. The number of fused-ring (bicyclic) bond motifs is 11. The van der Waals surface area contributed by atoms with E-state index in [1.807, 2.05) is 11.8 Å². The fraction of sp³-hybridized carbons (Fsp3) is 0.0164. The predicted molar refractivity (Wildman–Crippen MR) is 264 cm³/mol. The molecule has 0 saturated carbocycles. The maximum Gasteiger partial charge on any atom is 0.0735 e. The highest BCUT2D eigenvalue weighted by Crippen LogP contribution is 2.61. The van der Waals surface area contributed by atoms with Gasteiger partial charge in [-0.15, -0.1) is 0 Å². The van der Waals surface area contributed by atoms with E-state index < -0.39 is 5.41 Å². The number of hydrogen-bond donors (Lipinski definition) is 0. The first kappa shape index (κ1) is 37.1. The number of benzene rings is 10. The van der Waals surface area contributed by atoms with Crippen molar-refractivity contribution in [1.82, 2.24) is 0 Å². The van der Waals surface area contributed by atoms with Gasteiger partial charge in [0.05, 0.1) is 11.1 Å². The summed E-state index contributed by atoms with van der Waals surface area (Å²) in [5.74, 6) is 0. The molecule has 10 aromatic carbocycles. The summed E-state index contributed by atoms with van der Waals surface area (Å²) in [5, 5.41) is 0. The fourth-order valence-electron chi connectivity index (χ4n) is 10.2. The van der Waals surface area contributed by atoms with Crippen molar-refractivity contribution in [3.63, 3.8) is 0 Å². The van der Waals surface area contributed by atoms with Gasteiger partial charge in [-0.05, 0) is 121 Å². The Hall–Kier alpha value is -7.65. The number of nitrogens with zero attached hydrogens (tertiary/aromatic N) is 1. The summed E-state index contributed by atoms with van der Waals surface area (Å²) in [6, 6.07) is 91.7. The standard InChI is InChI=1S/C61H41NS/c1-3-17-42(18-4-1)44-31-36-47(37-32-44)62(48-38-33-45(34-39-48)43-19-5-2-6-20-43)58-29-15-11-21-49(58)46-35-40-60-57(41-46)61(56-28-14-16-30-59(56)63-60)54-26-12-9-24-52(54)50-22-7-8-23-51(50)53-25-10-13-27-55(53)61/h1-41H. The van der Waals surface area contributed by atoms with Crippen LogP contribution in [0.2, 0.25) is 0 Å². The molecule has 0 saturated heterocycles. The molecule has 10 aromatic rings. The van der Waals surface area contributed by atoms with E-state index in [-0.39, 0.29) is 0 Å². The summed E-state index contributed by atoms with van der Waals surface area (Å²) in [6.07, 6.45) is 0. The van der Waals surface area contributed by atoms with E-state index in [9.17, 15) is 0 Å². The van der Waals surface area contributed by atoms with E-state index in [0.29, 0.717) is 0 Å². The van der Waals surface area contributed by atoms with Crippen LogP contribution in [0.25, 0.3) is 55.6 Å². The number of hydrogen-bond acceptors (Lipinski definition) is 2. The van der Waals surface area contributed by atoms with Gasteiger partial charge in [-0.25, -0.2) is 0 Å². The second-order valence-electron chi connectivity index (χ2n) is 16.4. The van der Waals surface area contributed by atoms with Crippen molar-refractivity contribution in [2.24, 2.45) is 0 Å². The van der Waals surface area contributed by atoms with Crippen LogP contribution in [0.3, 0.4) is 0 Å². The van der Waals surface area contributed by atoms with Crippen molar-refractivity contribution in [3.8, 4) is 55.6 Å². The SMILES string of the molecule is c1ccc(-c2ccc(N(c3ccc(-c4ccccc4)cc3)c3ccccc3-c3ccc4c(c3)C3(c5ccccc5S4)c4ccccc4-c4ccccc4-c4ccccc43)cc2)cc1. The van der Waals surface area contributed by atoms with Gasteiger partial charge in [0, 0.05) is 26.7 Å². The van der Waals surface area contributed by atoms with Crippen LogP contribution in [0.5, 0.6) is 0 Å². The van der Waals surface area contributed by atoms with Crippen molar-refractivity contribution in [2.75, 3.05) is 4.90 Å². The molecule has 296 valence electrons. The molecule has 1 aliphatic carbocycles. The molecule has 0 aromatic heterocycles. The normalized spacial score (nSPS) is 12.8. The van der Waals surface area contributed by atoms with Crippen LogP contribution in [0.15, 0.2) is 259 Å². The molecule has 0 fully saturated rings. The Balaban J connectivity index is 1.08. The van der Waals surface area contributed by atoms with Crippen molar-refractivity contribution in [1.29, 1.82) is 0 Å². The first-order valence-electron chi connectivity index (χ1n) is 21.7. The summed E-state index contributed by atoms with van der Waals surface area (Å²) >= 11 is 1.89.